The highest BCUT2D eigenvalue weighted by Crippen LogP contribution is 2.28. The summed E-state index contributed by atoms with van der Waals surface area (Å²) >= 11 is 0. The standard InChI is InChI=1S/C14H14N4O/c1-8-7-11(10-5-3-4-6-12(10)16-8)14-18-17-13(19-14)9(2)15/h3-7,9H,15H2,1-2H3. The lowest BCUT2D eigenvalue weighted by Crippen LogP contribution is -2.04. The van der Waals surface area contributed by atoms with Crippen molar-refractivity contribution in [2.75, 3.05) is 0 Å². The highest BCUT2D eigenvalue weighted by atomic mass is 16.4. The third-order valence-electron chi connectivity index (χ3n) is 2.90. The van der Waals surface area contributed by atoms with Gasteiger partial charge in [-0.3, -0.25) is 4.98 Å². The SMILES string of the molecule is Cc1cc(-c2nnc(C(C)N)o2)c2ccccc2n1. The van der Waals surface area contributed by atoms with Gasteiger partial charge in [-0.2, -0.15) is 0 Å². The van der Waals surface area contributed by atoms with E-state index in [9.17, 15) is 0 Å². The molecule has 0 fully saturated rings. The molecule has 0 aliphatic heterocycles. The lowest BCUT2D eigenvalue weighted by Gasteiger charge is -2.04. The zero-order valence-electron chi connectivity index (χ0n) is 10.8. The number of hydrogen-bond donors (Lipinski definition) is 1. The van der Waals surface area contributed by atoms with Gasteiger partial charge in [0.15, 0.2) is 0 Å². The number of hydrogen-bond acceptors (Lipinski definition) is 5. The lowest BCUT2D eigenvalue weighted by molar-refractivity contribution is 0.473. The Kier molecular flexibility index (Phi) is 2.76. The summed E-state index contributed by atoms with van der Waals surface area (Å²) in [7, 11) is 0. The molecule has 0 radical (unpaired) electrons. The second-order valence-electron chi connectivity index (χ2n) is 4.56. The van der Waals surface area contributed by atoms with E-state index < -0.39 is 0 Å². The normalized spacial score (nSPS) is 12.8. The van der Waals surface area contributed by atoms with Crippen molar-refractivity contribution in [2.45, 2.75) is 19.9 Å². The van der Waals surface area contributed by atoms with Crippen molar-refractivity contribution in [3.63, 3.8) is 0 Å². The molecule has 1 aromatic carbocycles. The monoisotopic (exact) mass is 254 g/mol. The van der Waals surface area contributed by atoms with Crippen LogP contribution in [-0.4, -0.2) is 15.2 Å². The van der Waals surface area contributed by atoms with Crippen LogP contribution in [0, 0.1) is 6.92 Å². The molecule has 3 rings (SSSR count). The molecule has 19 heavy (non-hydrogen) atoms. The summed E-state index contributed by atoms with van der Waals surface area (Å²) in [5.74, 6) is 0.919. The van der Waals surface area contributed by atoms with Crippen molar-refractivity contribution in [1.29, 1.82) is 0 Å². The van der Waals surface area contributed by atoms with Crippen molar-refractivity contribution in [1.82, 2.24) is 15.2 Å². The first-order valence-corrected chi connectivity index (χ1v) is 6.11. The zero-order chi connectivity index (χ0) is 13.4. The second kappa shape index (κ2) is 4.44. The molecule has 1 unspecified atom stereocenters. The fraction of sp³-hybridized carbons (Fsp3) is 0.214. The van der Waals surface area contributed by atoms with Crippen LogP contribution in [0.4, 0.5) is 0 Å². The number of aromatic nitrogens is 3. The van der Waals surface area contributed by atoms with Crippen molar-refractivity contribution >= 4 is 10.9 Å². The van der Waals surface area contributed by atoms with Gasteiger partial charge in [-0.15, -0.1) is 10.2 Å². The maximum atomic E-state index is 5.74. The molecule has 0 aliphatic carbocycles. The Bertz CT molecular complexity index is 733. The highest BCUT2D eigenvalue weighted by Gasteiger charge is 2.14. The van der Waals surface area contributed by atoms with E-state index in [1.165, 1.54) is 0 Å². The molecule has 0 aliphatic rings. The Labute approximate surface area is 110 Å². The van der Waals surface area contributed by atoms with Crippen LogP contribution in [0.3, 0.4) is 0 Å². The van der Waals surface area contributed by atoms with E-state index in [2.05, 4.69) is 15.2 Å². The van der Waals surface area contributed by atoms with Crippen LogP contribution in [0.5, 0.6) is 0 Å². The third kappa shape index (κ3) is 2.08. The second-order valence-corrected chi connectivity index (χ2v) is 4.56. The molecule has 5 heteroatoms. The van der Waals surface area contributed by atoms with Crippen LogP contribution < -0.4 is 5.73 Å². The summed E-state index contributed by atoms with van der Waals surface area (Å²) in [6.45, 7) is 3.76. The van der Waals surface area contributed by atoms with Gasteiger partial charge in [-0.1, -0.05) is 18.2 Å². The molecule has 0 spiro atoms. The maximum absolute atomic E-state index is 5.74. The highest BCUT2D eigenvalue weighted by molar-refractivity contribution is 5.92. The van der Waals surface area contributed by atoms with Gasteiger partial charge < -0.3 is 10.2 Å². The number of fused-ring (bicyclic) bond motifs is 1. The number of nitrogens with zero attached hydrogens (tertiary/aromatic N) is 3. The first-order chi connectivity index (χ1) is 9.15. The molecule has 0 bridgehead atoms. The first kappa shape index (κ1) is 11.8. The van der Waals surface area contributed by atoms with E-state index >= 15 is 0 Å². The van der Waals surface area contributed by atoms with Crippen LogP contribution in [0.15, 0.2) is 34.7 Å². The third-order valence-corrected chi connectivity index (χ3v) is 2.90. The number of nitrogens with two attached hydrogens (primary N) is 1. The van der Waals surface area contributed by atoms with E-state index in [4.69, 9.17) is 10.2 Å². The van der Waals surface area contributed by atoms with E-state index in [0.717, 1.165) is 22.2 Å². The molecule has 96 valence electrons. The van der Waals surface area contributed by atoms with Gasteiger partial charge in [0.2, 0.25) is 11.8 Å². The van der Waals surface area contributed by atoms with Crippen LogP contribution >= 0.6 is 0 Å². The minimum absolute atomic E-state index is 0.268. The summed E-state index contributed by atoms with van der Waals surface area (Å²) in [5.41, 5.74) is 8.46. The lowest BCUT2D eigenvalue weighted by atomic mass is 10.1. The molecular weight excluding hydrogens is 240 g/mol. The van der Waals surface area contributed by atoms with Gasteiger partial charge in [-0.05, 0) is 26.0 Å². The first-order valence-electron chi connectivity index (χ1n) is 6.11. The molecule has 2 aromatic heterocycles. The van der Waals surface area contributed by atoms with Crippen LogP contribution in [-0.2, 0) is 0 Å². The Hall–Kier alpha value is -2.27. The minimum atomic E-state index is -0.268. The summed E-state index contributed by atoms with van der Waals surface area (Å²) in [6, 6.07) is 9.56. The van der Waals surface area contributed by atoms with Gasteiger partial charge in [0, 0.05) is 16.6 Å². The molecule has 0 saturated heterocycles. The van der Waals surface area contributed by atoms with Crippen molar-refractivity contribution < 1.29 is 4.42 Å². The molecule has 0 amide bonds. The van der Waals surface area contributed by atoms with Crippen molar-refractivity contribution in [2.24, 2.45) is 5.73 Å². The molecule has 1 atom stereocenters. The number of para-hydroxylation sites is 1. The molecular formula is C14H14N4O. The topological polar surface area (TPSA) is 77.8 Å². The largest absolute Gasteiger partial charge is 0.419 e. The number of aryl methyl sites for hydroxylation is 1. The fourth-order valence-electron chi connectivity index (χ4n) is 2.01. The van der Waals surface area contributed by atoms with Gasteiger partial charge in [0.25, 0.3) is 0 Å². The summed E-state index contributed by atoms with van der Waals surface area (Å²) in [5, 5.41) is 9.03. The quantitative estimate of drug-likeness (QED) is 0.760. The molecule has 5 nitrogen and oxygen atoms in total. The minimum Gasteiger partial charge on any atom is -0.419 e. The van der Waals surface area contributed by atoms with E-state index in [0.29, 0.717) is 11.8 Å². The Balaban J connectivity index is 2.23. The fourth-order valence-corrected chi connectivity index (χ4v) is 2.01. The van der Waals surface area contributed by atoms with Gasteiger partial charge in [0.1, 0.15) is 0 Å². The van der Waals surface area contributed by atoms with E-state index in [-0.39, 0.29) is 6.04 Å². The average Bonchev–Trinajstić information content (AvgIpc) is 2.87. The number of benzene rings is 1. The van der Waals surface area contributed by atoms with Crippen LogP contribution in [0.1, 0.15) is 24.6 Å². The Morgan fingerprint density at radius 1 is 1.21 bits per heavy atom. The van der Waals surface area contributed by atoms with Crippen LogP contribution in [0.2, 0.25) is 0 Å². The smallest absolute Gasteiger partial charge is 0.248 e. The summed E-state index contributed by atoms with van der Waals surface area (Å²) < 4.78 is 5.62. The maximum Gasteiger partial charge on any atom is 0.248 e. The molecule has 3 aromatic rings. The van der Waals surface area contributed by atoms with Crippen molar-refractivity contribution in [3.8, 4) is 11.5 Å². The van der Waals surface area contributed by atoms with Gasteiger partial charge in [0.05, 0.1) is 11.6 Å². The molecule has 0 saturated carbocycles. The Morgan fingerprint density at radius 2 is 2.00 bits per heavy atom. The predicted octanol–water partition coefficient (Wildman–Crippen LogP) is 2.61. The van der Waals surface area contributed by atoms with Crippen molar-refractivity contribution in [3.05, 3.63) is 41.9 Å². The predicted molar refractivity (Wildman–Crippen MR) is 72.4 cm³/mol. The van der Waals surface area contributed by atoms with Gasteiger partial charge in [-0.25, -0.2) is 0 Å². The summed E-state index contributed by atoms with van der Waals surface area (Å²) in [6.07, 6.45) is 0. The molecule has 2 heterocycles. The summed E-state index contributed by atoms with van der Waals surface area (Å²) in [4.78, 5) is 4.49. The Morgan fingerprint density at radius 3 is 2.74 bits per heavy atom. The van der Waals surface area contributed by atoms with E-state index in [1.807, 2.05) is 44.2 Å². The van der Waals surface area contributed by atoms with E-state index in [1.54, 1.807) is 0 Å². The number of rotatable bonds is 2. The average molecular weight is 254 g/mol. The number of pyridine rings is 1. The van der Waals surface area contributed by atoms with Gasteiger partial charge >= 0.3 is 0 Å². The van der Waals surface area contributed by atoms with Crippen LogP contribution in [0.25, 0.3) is 22.4 Å². The zero-order valence-corrected chi connectivity index (χ0v) is 10.8. The molecule has 2 N–H and O–H groups in total.